The standard InChI is InChI=1S/C15H22N2O/c18-15(17-12-6-1-2-7-13-17)10-11-16-14-8-4-3-5-9-14/h3-5,8-9,16H,1-2,6-7,10-13H2. The molecule has 2 rings (SSSR count). The third-order valence-electron chi connectivity index (χ3n) is 3.40. The second-order valence-corrected chi connectivity index (χ2v) is 4.84. The fourth-order valence-corrected chi connectivity index (χ4v) is 2.35. The molecule has 1 saturated heterocycles. The van der Waals surface area contributed by atoms with Crippen LogP contribution in [0.4, 0.5) is 5.69 Å². The highest BCUT2D eigenvalue weighted by molar-refractivity contribution is 5.76. The molecule has 1 N–H and O–H groups in total. The Labute approximate surface area is 109 Å². The quantitative estimate of drug-likeness (QED) is 0.886. The predicted molar refractivity (Wildman–Crippen MR) is 74.6 cm³/mol. The number of amides is 1. The number of hydrogen-bond acceptors (Lipinski definition) is 2. The summed E-state index contributed by atoms with van der Waals surface area (Å²) in [6.07, 6.45) is 5.46. The Kier molecular flexibility index (Phi) is 5.06. The molecule has 1 aromatic carbocycles. The SMILES string of the molecule is O=C(CCNc1ccccc1)N1CCCCCC1. The Morgan fingerprint density at radius 1 is 1.06 bits per heavy atom. The molecular weight excluding hydrogens is 224 g/mol. The third kappa shape index (κ3) is 4.06. The van der Waals surface area contributed by atoms with Crippen LogP contribution in [-0.2, 0) is 4.79 Å². The van der Waals surface area contributed by atoms with Crippen molar-refractivity contribution in [3.63, 3.8) is 0 Å². The molecule has 18 heavy (non-hydrogen) atoms. The number of anilines is 1. The molecule has 0 unspecified atom stereocenters. The van der Waals surface area contributed by atoms with Gasteiger partial charge in [-0.05, 0) is 25.0 Å². The van der Waals surface area contributed by atoms with Gasteiger partial charge in [-0.3, -0.25) is 4.79 Å². The van der Waals surface area contributed by atoms with E-state index in [-0.39, 0.29) is 0 Å². The van der Waals surface area contributed by atoms with Crippen LogP contribution in [-0.4, -0.2) is 30.4 Å². The van der Waals surface area contributed by atoms with E-state index in [1.54, 1.807) is 0 Å². The Balaban J connectivity index is 1.71. The average Bonchev–Trinajstić information content (AvgIpc) is 2.69. The van der Waals surface area contributed by atoms with Gasteiger partial charge in [0, 0.05) is 31.7 Å². The van der Waals surface area contributed by atoms with Gasteiger partial charge in [0.25, 0.3) is 0 Å². The van der Waals surface area contributed by atoms with Gasteiger partial charge in [-0.25, -0.2) is 0 Å². The molecule has 1 aliphatic heterocycles. The van der Waals surface area contributed by atoms with Crippen molar-refractivity contribution in [2.24, 2.45) is 0 Å². The van der Waals surface area contributed by atoms with Crippen molar-refractivity contribution >= 4 is 11.6 Å². The van der Waals surface area contributed by atoms with E-state index in [2.05, 4.69) is 5.32 Å². The minimum atomic E-state index is 0.292. The topological polar surface area (TPSA) is 32.3 Å². The van der Waals surface area contributed by atoms with Crippen LogP contribution in [0.5, 0.6) is 0 Å². The molecule has 0 atom stereocenters. The van der Waals surface area contributed by atoms with Gasteiger partial charge in [-0.1, -0.05) is 31.0 Å². The number of nitrogens with zero attached hydrogens (tertiary/aromatic N) is 1. The molecule has 3 nitrogen and oxygen atoms in total. The number of likely N-dealkylation sites (tertiary alicyclic amines) is 1. The molecule has 0 bridgehead atoms. The molecule has 0 radical (unpaired) electrons. The summed E-state index contributed by atoms with van der Waals surface area (Å²) in [5.41, 5.74) is 1.08. The summed E-state index contributed by atoms with van der Waals surface area (Å²) >= 11 is 0. The second kappa shape index (κ2) is 7.04. The summed E-state index contributed by atoms with van der Waals surface area (Å²) in [5.74, 6) is 0.292. The second-order valence-electron chi connectivity index (χ2n) is 4.84. The molecule has 0 aromatic heterocycles. The molecule has 1 heterocycles. The lowest BCUT2D eigenvalue weighted by atomic mass is 10.2. The van der Waals surface area contributed by atoms with Crippen LogP contribution in [0.2, 0.25) is 0 Å². The molecule has 1 amide bonds. The smallest absolute Gasteiger partial charge is 0.224 e. The van der Waals surface area contributed by atoms with Crippen LogP contribution in [0.25, 0.3) is 0 Å². The number of carbonyl (C=O) groups excluding carboxylic acids is 1. The maximum Gasteiger partial charge on any atom is 0.224 e. The van der Waals surface area contributed by atoms with Gasteiger partial charge in [-0.15, -0.1) is 0 Å². The van der Waals surface area contributed by atoms with Gasteiger partial charge in [-0.2, -0.15) is 0 Å². The van der Waals surface area contributed by atoms with E-state index in [4.69, 9.17) is 0 Å². The van der Waals surface area contributed by atoms with Crippen molar-refractivity contribution in [3.05, 3.63) is 30.3 Å². The predicted octanol–water partition coefficient (Wildman–Crippen LogP) is 2.89. The first-order valence-corrected chi connectivity index (χ1v) is 6.93. The molecule has 0 saturated carbocycles. The van der Waals surface area contributed by atoms with Crippen molar-refractivity contribution in [3.8, 4) is 0 Å². The van der Waals surface area contributed by atoms with Gasteiger partial charge in [0.05, 0.1) is 0 Å². The van der Waals surface area contributed by atoms with E-state index >= 15 is 0 Å². The van der Waals surface area contributed by atoms with Crippen LogP contribution in [0.1, 0.15) is 32.1 Å². The first-order chi connectivity index (χ1) is 8.86. The maximum atomic E-state index is 12.0. The highest BCUT2D eigenvalue weighted by atomic mass is 16.2. The summed E-state index contributed by atoms with van der Waals surface area (Å²) in [5, 5.41) is 3.28. The Bertz CT molecular complexity index is 356. The fraction of sp³-hybridized carbons (Fsp3) is 0.533. The normalized spacial score (nSPS) is 16.1. The van der Waals surface area contributed by atoms with Gasteiger partial charge >= 0.3 is 0 Å². The molecule has 98 valence electrons. The van der Waals surface area contributed by atoms with E-state index in [1.807, 2.05) is 35.2 Å². The largest absolute Gasteiger partial charge is 0.385 e. The summed E-state index contributed by atoms with van der Waals surface area (Å²) in [7, 11) is 0. The van der Waals surface area contributed by atoms with Gasteiger partial charge in [0.2, 0.25) is 5.91 Å². The zero-order valence-corrected chi connectivity index (χ0v) is 10.9. The molecule has 3 heteroatoms. The summed E-state index contributed by atoms with van der Waals surface area (Å²) < 4.78 is 0. The number of benzene rings is 1. The lowest BCUT2D eigenvalue weighted by Crippen LogP contribution is -2.32. The lowest BCUT2D eigenvalue weighted by Gasteiger charge is -2.20. The number of carbonyl (C=O) groups is 1. The molecule has 0 spiro atoms. The summed E-state index contributed by atoms with van der Waals surface area (Å²) in [4.78, 5) is 14.1. The average molecular weight is 246 g/mol. The highest BCUT2D eigenvalue weighted by Gasteiger charge is 2.14. The molecule has 1 aromatic rings. The lowest BCUT2D eigenvalue weighted by molar-refractivity contribution is -0.130. The molecular formula is C15H22N2O. The first kappa shape index (κ1) is 12.9. The van der Waals surface area contributed by atoms with Gasteiger partial charge in [0.15, 0.2) is 0 Å². The van der Waals surface area contributed by atoms with Crippen LogP contribution >= 0.6 is 0 Å². The van der Waals surface area contributed by atoms with Crippen molar-refractivity contribution in [1.82, 2.24) is 4.90 Å². The highest BCUT2D eigenvalue weighted by Crippen LogP contribution is 2.11. The van der Waals surface area contributed by atoms with Crippen LogP contribution in [0.15, 0.2) is 30.3 Å². The van der Waals surface area contributed by atoms with E-state index in [1.165, 1.54) is 12.8 Å². The number of para-hydroxylation sites is 1. The van der Waals surface area contributed by atoms with E-state index < -0.39 is 0 Å². The van der Waals surface area contributed by atoms with E-state index in [0.29, 0.717) is 12.3 Å². The number of nitrogens with one attached hydrogen (secondary N) is 1. The Hall–Kier alpha value is -1.51. The molecule has 0 aliphatic carbocycles. The summed E-state index contributed by atoms with van der Waals surface area (Å²) in [6, 6.07) is 10.0. The van der Waals surface area contributed by atoms with Crippen LogP contribution < -0.4 is 5.32 Å². The van der Waals surface area contributed by atoms with Crippen molar-refractivity contribution in [1.29, 1.82) is 0 Å². The minimum absolute atomic E-state index is 0.292. The first-order valence-electron chi connectivity index (χ1n) is 6.93. The van der Waals surface area contributed by atoms with Crippen molar-refractivity contribution < 1.29 is 4.79 Å². The van der Waals surface area contributed by atoms with E-state index in [9.17, 15) is 4.79 Å². The zero-order valence-electron chi connectivity index (χ0n) is 10.9. The monoisotopic (exact) mass is 246 g/mol. The summed E-state index contributed by atoms with van der Waals surface area (Å²) in [6.45, 7) is 2.62. The molecule has 1 aliphatic rings. The Morgan fingerprint density at radius 3 is 2.39 bits per heavy atom. The fourth-order valence-electron chi connectivity index (χ4n) is 2.35. The van der Waals surface area contributed by atoms with Crippen molar-refractivity contribution in [2.45, 2.75) is 32.1 Å². The zero-order chi connectivity index (χ0) is 12.6. The van der Waals surface area contributed by atoms with Crippen LogP contribution in [0.3, 0.4) is 0 Å². The van der Waals surface area contributed by atoms with E-state index in [0.717, 1.165) is 38.2 Å². The van der Waals surface area contributed by atoms with Crippen molar-refractivity contribution in [2.75, 3.05) is 25.0 Å². The number of hydrogen-bond donors (Lipinski definition) is 1. The van der Waals surface area contributed by atoms with Gasteiger partial charge < -0.3 is 10.2 Å². The van der Waals surface area contributed by atoms with Crippen LogP contribution in [0, 0.1) is 0 Å². The number of rotatable bonds is 4. The Morgan fingerprint density at radius 2 is 1.72 bits per heavy atom. The van der Waals surface area contributed by atoms with Gasteiger partial charge in [0.1, 0.15) is 0 Å². The minimum Gasteiger partial charge on any atom is -0.385 e. The molecule has 1 fully saturated rings. The third-order valence-corrected chi connectivity index (χ3v) is 3.40. The maximum absolute atomic E-state index is 12.0.